The summed E-state index contributed by atoms with van der Waals surface area (Å²) in [6.07, 6.45) is 3.58. The number of rotatable bonds is 20. The lowest BCUT2D eigenvalue weighted by molar-refractivity contribution is -0.151. The van der Waals surface area contributed by atoms with Crippen LogP contribution in [0.2, 0.25) is 0 Å². The predicted octanol–water partition coefficient (Wildman–Crippen LogP) is 4.46. The van der Waals surface area contributed by atoms with Crippen LogP contribution in [0.15, 0.2) is 30.3 Å². The molecule has 0 bridgehead atoms. The molecular formula is C38H61N3O7. The predicted molar refractivity (Wildman–Crippen MR) is 186 cm³/mol. The highest BCUT2D eigenvalue weighted by molar-refractivity contribution is 5.93. The fourth-order valence-corrected chi connectivity index (χ4v) is 7.43. The summed E-state index contributed by atoms with van der Waals surface area (Å²) in [5, 5.41) is 0. The van der Waals surface area contributed by atoms with Gasteiger partial charge in [-0.15, -0.1) is 0 Å². The number of amides is 2. The van der Waals surface area contributed by atoms with Gasteiger partial charge in [-0.3, -0.25) is 19.2 Å². The molecule has 0 saturated carbocycles. The van der Waals surface area contributed by atoms with E-state index in [0.29, 0.717) is 13.0 Å². The second kappa shape index (κ2) is 18.4. The van der Waals surface area contributed by atoms with Gasteiger partial charge in [0.25, 0.3) is 0 Å². The maximum atomic E-state index is 14.1. The summed E-state index contributed by atoms with van der Waals surface area (Å²) in [5.41, 5.74) is 6.40. The molecule has 1 aromatic rings. The Labute approximate surface area is 288 Å². The molecule has 2 heterocycles. The molecule has 48 heavy (non-hydrogen) atoms. The minimum Gasteiger partial charge on any atom is -0.379 e. The van der Waals surface area contributed by atoms with Crippen LogP contribution in [0.1, 0.15) is 85.1 Å². The maximum absolute atomic E-state index is 14.1. The molecule has 270 valence electrons. The average Bonchev–Trinajstić information content (AvgIpc) is 3.55. The molecule has 2 saturated heterocycles. The van der Waals surface area contributed by atoms with Crippen molar-refractivity contribution in [1.82, 2.24) is 9.80 Å². The average molecular weight is 672 g/mol. The molecule has 2 fully saturated rings. The SMILES string of the molecule is CCC(C)C(C(CC(=O)N1CCCC1C(OC)C(C)C(=O)CCCc1ccccc1)OC)N(C)C(=O)C(CC(=O)C1(N)COC1)C(C)C. The van der Waals surface area contributed by atoms with Crippen molar-refractivity contribution < 1.29 is 33.4 Å². The quantitative estimate of drug-likeness (QED) is 0.215. The third kappa shape index (κ3) is 9.73. The molecule has 7 unspecified atom stereocenters. The van der Waals surface area contributed by atoms with Crippen molar-refractivity contribution in [3.05, 3.63) is 35.9 Å². The normalized spacial score (nSPS) is 21.1. The highest BCUT2D eigenvalue weighted by atomic mass is 16.5. The summed E-state index contributed by atoms with van der Waals surface area (Å²) in [5.74, 6) is -1.22. The molecule has 0 aliphatic carbocycles. The van der Waals surface area contributed by atoms with Gasteiger partial charge in [0, 0.05) is 52.5 Å². The van der Waals surface area contributed by atoms with Crippen molar-refractivity contribution in [3.8, 4) is 0 Å². The van der Waals surface area contributed by atoms with Crippen LogP contribution in [-0.2, 0) is 39.8 Å². The van der Waals surface area contributed by atoms with Gasteiger partial charge in [-0.1, -0.05) is 71.4 Å². The fraction of sp³-hybridized carbons (Fsp3) is 0.737. The third-order valence-electron chi connectivity index (χ3n) is 10.9. The second-order valence-corrected chi connectivity index (χ2v) is 14.5. The van der Waals surface area contributed by atoms with E-state index >= 15 is 0 Å². The zero-order valence-electron chi connectivity index (χ0n) is 30.6. The van der Waals surface area contributed by atoms with Gasteiger partial charge in [0.1, 0.15) is 11.3 Å². The topological polar surface area (TPSA) is 128 Å². The number of aryl methyl sites for hydroxylation is 1. The van der Waals surface area contributed by atoms with E-state index < -0.39 is 29.7 Å². The number of likely N-dealkylation sites (tertiary alicyclic amines) is 1. The number of ether oxygens (including phenoxy) is 3. The summed E-state index contributed by atoms with van der Waals surface area (Å²) < 4.78 is 17.1. The smallest absolute Gasteiger partial charge is 0.226 e. The molecule has 2 amide bonds. The van der Waals surface area contributed by atoms with E-state index in [0.717, 1.165) is 32.1 Å². The Hall–Kier alpha value is -2.66. The minimum atomic E-state index is -1.03. The highest BCUT2D eigenvalue weighted by Gasteiger charge is 2.45. The molecular weight excluding hydrogens is 610 g/mol. The van der Waals surface area contributed by atoms with E-state index in [4.69, 9.17) is 19.9 Å². The van der Waals surface area contributed by atoms with E-state index in [9.17, 15) is 19.2 Å². The Morgan fingerprint density at radius 3 is 2.25 bits per heavy atom. The van der Waals surface area contributed by atoms with Crippen LogP contribution in [0.25, 0.3) is 0 Å². The Bertz CT molecular complexity index is 1200. The lowest BCUT2D eigenvalue weighted by Gasteiger charge is -2.41. The van der Waals surface area contributed by atoms with Gasteiger partial charge >= 0.3 is 0 Å². The van der Waals surface area contributed by atoms with Crippen LogP contribution in [0, 0.1) is 23.7 Å². The molecule has 2 aliphatic rings. The number of methoxy groups -OCH3 is 2. The van der Waals surface area contributed by atoms with E-state index in [1.54, 1.807) is 26.2 Å². The molecule has 2 N–H and O–H groups in total. The molecule has 7 atom stereocenters. The summed E-state index contributed by atoms with van der Waals surface area (Å²) in [6.45, 7) is 10.8. The largest absolute Gasteiger partial charge is 0.379 e. The standard InChI is InChI=1S/C38H61N3O7/c1-9-26(4)35(40(6)37(45)29(25(2)3)21-33(43)38(39)23-48-24-38)32(46-7)22-34(44)41-20-14-18-30(41)36(47-8)27(5)31(42)19-13-17-28-15-11-10-12-16-28/h10-12,15-16,25-27,29-30,32,35-36H,9,13-14,17-24,39H2,1-8H3. The van der Waals surface area contributed by atoms with E-state index in [1.165, 1.54) is 5.56 Å². The summed E-state index contributed by atoms with van der Waals surface area (Å²) in [6, 6.07) is 9.55. The third-order valence-corrected chi connectivity index (χ3v) is 10.9. The lowest BCUT2D eigenvalue weighted by atomic mass is 9.81. The Balaban J connectivity index is 1.71. The first-order valence-corrected chi connectivity index (χ1v) is 17.9. The molecule has 0 radical (unpaired) electrons. The number of hydrogen-bond donors (Lipinski definition) is 1. The van der Waals surface area contributed by atoms with Gasteiger partial charge in [0.15, 0.2) is 5.78 Å². The second-order valence-electron chi connectivity index (χ2n) is 14.5. The molecule has 0 spiro atoms. The number of carbonyl (C=O) groups excluding carboxylic acids is 4. The highest BCUT2D eigenvalue weighted by Crippen LogP contribution is 2.31. The number of nitrogens with zero attached hydrogens (tertiary/aromatic N) is 2. The maximum Gasteiger partial charge on any atom is 0.226 e. The number of ketones is 2. The van der Waals surface area contributed by atoms with Crippen molar-refractivity contribution in [2.75, 3.05) is 41.0 Å². The summed E-state index contributed by atoms with van der Waals surface area (Å²) in [4.78, 5) is 58.0. The first kappa shape index (κ1) is 39.8. The van der Waals surface area contributed by atoms with Crippen LogP contribution in [0.5, 0.6) is 0 Å². The molecule has 10 nitrogen and oxygen atoms in total. The van der Waals surface area contributed by atoms with Gasteiger partial charge in [-0.05, 0) is 43.1 Å². The molecule has 0 aromatic heterocycles. The molecule has 3 rings (SSSR count). The van der Waals surface area contributed by atoms with Crippen LogP contribution < -0.4 is 5.73 Å². The van der Waals surface area contributed by atoms with Crippen molar-refractivity contribution >= 4 is 23.4 Å². The number of Topliss-reactive ketones (excluding diaryl/α,β-unsaturated/α-hetero) is 2. The molecule has 2 aliphatic heterocycles. The van der Waals surface area contributed by atoms with E-state index in [-0.39, 0.29) is 73.2 Å². The van der Waals surface area contributed by atoms with Crippen molar-refractivity contribution in [2.24, 2.45) is 29.4 Å². The zero-order valence-corrected chi connectivity index (χ0v) is 30.6. The van der Waals surface area contributed by atoms with Crippen molar-refractivity contribution in [2.45, 2.75) is 116 Å². The van der Waals surface area contributed by atoms with Crippen LogP contribution in [0.4, 0.5) is 0 Å². The zero-order chi connectivity index (χ0) is 35.6. The lowest BCUT2D eigenvalue weighted by Crippen LogP contribution is -2.63. The Morgan fingerprint density at radius 1 is 1.04 bits per heavy atom. The van der Waals surface area contributed by atoms with Gasteiger partial charge in [0.05, 0.1) is 43.9 Å². The van der Waals surface area contributed by atoms with E-state index in [1.807, 2.05) is 43.9 Å². The van der Waals surface area contributed by atoms with Crippen LogP contribution in [-0.4, -0.2) is 104 Å². The van der Waals surface area contributed by atoms with Crippen molar-refractivity contribution in [3.63, 3.8) is 0 Å². The molecule has 1 aromatic carbocycles. The number of hydrogen-bond acceptors (Lipinski definition) is 8. The summed E-state index contributed by atoms with van der Waals surface area (Å²) in [7, 11) is 4.96. The fourth-order valence-electron chi connectivity index (χ4n) is 7.43. The number of likely N-dealkylation sites (N-methyl/N-ethyl adjacent to an activating group) is 1. The van der Waals surface area contributed by atoms with Gasteiger partial charge < -0.3 is 29.7 Å². The number of nitrogens with two attached hydrogens (primary N) is 1. The first-order chi connectivity index (χ1) is 22.8. The summed E-state index contributed by atoms with van der Waals surface area (Å²) >= 11 is 0. The monoisotopic (exact) mass is 671 g/mol. The molecule has 10 heteroatoms. The Morgan fingerprint density at radius 2 is 1.71 bits per heavy atom. The first-order valence-electron chi connectivity index (χ1n) is 17.9. The van der Waals surface area contributed by atoms with Crippen LogP contribution >= 0.6 is 0 Å². The van der Waals surface area contributed by atoms with E-state index in [2.05, 4.69) is 26.0 Å². The minimum absolute atomic E-state index is 0.0238. The van der Waals surface area contributed by atoms with Crippen LogP contribution in [0.3, 0.4) is 0 Å². The number of carbonyl (C=O) groups is 4. The van der Waals surface area contributed by atoms with Gasteiger partial charge in [0.2, 0.25) is 11.8 Å². The van der Waals surface area contributed by atoms with Gasteiger partial charge in [-0.2, -0.15) is 0 Å². The Kier molecular flexibility index (Phi) is 15.2. The number of benzene rings is 1. The van der Waals surface area contributed by atoms with Crippen molar-refractivity contribution in [1.29, 1.82) is 0 Å². The van der Waals surface area contributed by atoms with Gasteiger partial charge in [-0.25, -0.2) is 0 Å².